The minimum atomic E-state index is 0.620. The molecule has 0 unspecified atom stereocenters. The summed E-state index contributed by atoms with van der Waals surface area (Å²) in [5.74, 6) is 1.96. The quantitative estimate of drug-likeness (QED) is 0.552. The average Bonchev–Trinajstić information content (AvgIpc) is 2.91. The maximum atomic E-state index is 6.05. The summed E-state index contributed by atoms with van der Waals surface area (Å²) in [5.41, 5.74) is 2.20. The first-order valence-corrected chi connectivity index (χ1v) is 7.85. The smallest absolute Gasteiger partial charge is 0.127 e. The van der Waals surface area contributed by atoms with Crippen molar-refractivity contribution in [2.45, 2.75) is 13.5 Å². The van der Waals surface area contributed by atoms with Crippen molar-refractivity contribution in [2.75, 3.05) is 6.61 Å². The van der Waals surface area contributed by atoms with Crippen molar-refractivity contribution in [3.05, 3.63) is 72.6 Å². The lowest BCUT2D eigenvalue weighted by molar-refractivity contribution is 0.302. The van der Waals surface area contributed by atoms with E-state index in [4.69, 9.17) is 4.74 Å². The predicted octanol–water partition coefficient (Wildman–Crippen LogP) is 4.58. The van der Waals surface area contributed by atoms with Gasteiger partial charge in [-0.3, -0.25) is 0 Å². The first-order chi connectivity index (χ1) is 11.3. The molecule has 0 fully saturated rings. The minimum Gasteiger partial charge on any atom is -0.491 e. The highest BCUT2D eigenvalue weighted by molar-refractivity contribution is 5.88. The Morgan fingerprint density at radius 2 is 1.70 bits per heavy atom. The number of benzene rings is 3. The molecular formula is C20H18N2O. The summed E-state index contributed by atoms with van der Waals surface area (Å²) >= 11 is 0. The molecule has 1 heterocycles. The molecule has 0 amide bonds. The monoisotopic (exact) mass is 302 g/mol. The van der Waals surface area contributed by atoms with E-state index in [1.807, 2.05) is 49.4 Å². The van der Waals surface area contributed by atoms with E-state index in [1.165, 1.54) is 5.39 Å². The normalized spacial score (nSPS) is 11.2. The van der Waals surface area contributed by atoms with Crippen LogP contribution >= 0.6 is 0 Å². The first kappa shape index (κ1) is 13.8. The maximum absolute atomic E-state index is 6.05. The Kier molecular flexibility index (Phi) is 3.46. The zero-order valence-electron chi connectivity index (χ0n) is 13.1. The third-order valence-electron chi connectivity index (χ3n) is 4.17. The zero-order chi connectivity index (χ0) is 15.6. The molecule has 0 spiro atoms. The molecule has 3 nitrogen and oxygen atoms in total. The fraction of sp³-hybridized carbons (Fsp3) is 0.150. The molecular weight excluding hydrogens is 284 g/mol. The summed E-state index contributed by atoms with van der Waals surface area (Å²) in [6.45, 7) is 3.45. The maximum Gasteiger partial charge on any atom is 0.127 e. The van der Waals surface area contributed by atoms with Crippen LogP contribution in [-0.2, 0) is 6.54 Å². The third-order valence-corrected chi connectivity index (χ3v) is 4.17. The lowest BCUT2D eigenvalue weighted by atomic mass is 10.1. The number of rotatable bonds is 4. The largest absolute Gasteiger partial charge is 0.491 e. The van der Waals surface area contributed by atoms with Crippen LogP contribution in [0.4, 0.5) is 0 Å². The number of hydrogen-bond acceptors (Lipinski definition) is 2. The Balaban J connectivity index is 1.56. The van der Waals surface area contributed by atoms with Crippen molar-refractivity contribution < 1.29 is 4.74 Å². The van der Waals surface area contributed by atoms with Crippen LogP contribution in [0.15, 0.2) is 66.7 Å². The topological polar surface area (TPSA) is 27.1 Å². The Morgan fingerprint density at radius 3 is 2.65 bits per heavy atom. The van der Waals surface area contributed by atoms with Crippen molar-refractivity contribution in [2.24, 2.45) is 0 Å². The predicted molar refractivity (Wildman–Crippen MR) is 93.9 cm³/mol. The van der Waals surface area contributed by atoms with Gasteiger partial charge >= 0.3 is 0 Å². The second-order valence-corrected chi connectivity index (χ2v) is 5.63. The number of aryl methyl sites for hydroxylation is 1. The van der Waals surface area contributed by atoms with Gasteiger partial charge in [0.1, 0.15) is 18.2 Å². The summed E-state index contributed by atoms with van der Waals surface area (Å²) in [4.78, 5) is 4.60. The number of para-hydroxylation sites is 2. The van der Waals surface area contributed by atoms with E-state index in [0.29, 0.717) is 6.61 Å². The number of aromatic nitrogens is 2. The molecule has 3 heteroatoms. The van der Waals surface area contributed by atoms with Crippen LogP contribution in [0.1, 0.15) is 5.82 Å². The van der Waals surface area contributed by atoms with Crippen molar-refractivity contribution in [3.8, 4) is 5.75 Å². The number of ether oxygens (including phenoxy) is 1. The molecule has 4 aromatic rings. The molecule has 0 saturated heterocycles. The summed E-state index contributed by atoms with van der Waals surface area (Å²) in [6, 6.07) is 22.7. The van der Waals surface area contributed by atoms with Crippen LogP contribution < -0.4 is 4.74 Å². The number of imidazole rings is 1. The van der Waals surface area contributed by atoms with Gasteiger partial charge in [0.15, 0.2) is 0 Å². The number of fused-ring (bicyclic) bond motifs is 2. The Morgan fingerprint density at radius 1 is 0.913 bits per heavy atom. The summed E-state index contributed by atoms with van der Waals surface area (Å²) < 4.78 is 8.26. The Hall–Kier alpha value is -2.81. The standard InChI is InChI=1S/C20H18N2O/c1-15-21-18-10-4-5-11-19(18)22(15)13-14-23-20-12-6-8-16-7-2-3-9-17(16)20/h2-12H,13-14H2,1H3. The summed E-state index contributed by atoms with van der Waals surface area (Å²) in [5, 5.41) is 2.36. The van der Waals surface area contributed by atoms with Crippen molar-refractivity contribution in [1.82, 2.24) is 9.55 Å². The first-order valence-electron chi connectivity index (χ1n) is 7.85. The second-order valence-electron chi connectivity index (χ2n) is 5.63. The fourth-order valence-corrected chi connectivity index (χ4v) is 3.05. The van der Waals surface area contributed by atoms with Gasteiger partial charge in [0.2, 0.25) is 0 Å². The molecule has 0 bridgehead atoms. The SMILES string of the molecule is Cc1nc2ccccc2n1CCOc1cccc2ccccc12. The van der Waals surface area contributed by atoms with Crippen molar-refractivity contribution in [3.63, 3.8) is 0 Å². The van der Waals surface area contributed by atoms with E-state index in [2.05, 4.69) is 33.8 Å². The van der Waals surface area contributed by atoms with E-state index in [-0.39, 0.29) is 0 Å². The van der Waals surface area contributed by atoms with Gasteiger partial charge < -0.3 is 9.30 Å². The Bertz CT molecular complexity index is 966. The van der Waals surface area contributed by atoms with Gasteiger partial charge in [-0.1, -0.05) is 48.5 Å². The van der Waals surface area contributed by atoms with Crippen LogP contribution in [0.25, 0.3) is 21.8 Å². The van der Waals surface area contributed by atoms with Crippen LogP contribution in [0.3, 0.4) is 0 Å². The second kappa shape index (κ2) is 5.76. The van der Waals surface area contributed by atoms with Crippen LogP contribution in [0.5, 0.6) is 5.75 Å². The van der Waals surface area contributed by atoms with E-state index >= 15 is 0 Å². The van der Waals surface area contributed by atoms with E-state index in [1.54, 1.807) is 0 Å². The highest BCUT2D eigenvalue weighted by Gasteiger charge is 2.07. The van der Waals surface area contributed by atoms with Crippen LogP contribution in [0.2, 0.25) is 0 Å². The molecule has 23 heavy (non-hydrogen) atoms. The zero-order valence-corrected chi connectivity index (χ0v) is 13.1. The molecule has 0 N–H and O–H groups in total. The van der Waals surface area contributed by atoms with Gasteiger partial charge in [-0.2, -0.15) is 0 Å². The molecule has 1 aromatic heterocycles. The third kappa shape index (κ3) is 2.55. The van der Waals surface area contributed by atoms with Crippen molar-refractivity contribution in [1.29, 1.82) is 0 Å². The molecule has 0 aliphatic heterocycles. The average molecular weight is 302 g/mol. The molecule has 0 aliphatic rings. The summed E-state index contributed by atoms with van der Waals surface area (Å²) in [7, 11) is 0. The van der Waals surface area contributed by atoms with Gasteiger partial charge in [0.05, 0.1) is 17.6 Å². The van der Waals surface area contributed by atoms with Gasteiger partial charge in [-0.15, -0.1) is 0 Å². The molecule has 0 atom stereocenters. The highest BCUT2D eigenvalue weighted by Crippen LogP contribution is 2.25. The van der Waals surface area contributed by atoms with Crippen LogP contribution in [-0.4, -0.2) is 16.2 Å². The minimum absolute atomic E-state index is 0.620. The lowest BCUT2D eigenvalue weighted by Crippen LogP contribution is -2.09. The van der Waals surface area contributed by atoms with E-state index in [9.17, 15) is 0 Å². The van der Waals surface area contributed by atoms with E-state index in [0.717, 1.165) is 34.5 Å². The number of hydrogen-bond donors (Lipinski definition) is 0. The fourth-order valence-electron chi connectivity index (χ4n) is 3.05. The lowest BCUT2D eigenvalue weighted by Gasteiger charge is -2.11. The van der Waals surface area contributed by atoms with Gasteiger partial charge in [0, 0.05) is 5.39 Å². The van der Waals surface area contributed by atoms with Gasteiger partial charge in [0.25, 0.3) is 0 Å². The molecule has 0 saturated carbocycles. The van der Waals surface area contributed by atoms with Gasteiger partial charge in [-0.25, -0.2) is 4.98 Å². The number of nitrogens with zero attached hydrogens (tertiary/aromatic N) is 2. The summed E-state index contributed by atoms with van der Waals surface area (Å²) in [6.07, 6.45) is 0. The van der Waals surface area contributed by atoms with E-state index < -0.39 is 0 Å². The molecule has 4 rings (SSSR count). The highest BCUT2D eigenvalue weighted by atomic mass is 16.5. The Labute approximate surface area is 135 Å². The van der Waals surface area contributed by atoms with Crippen LogP contribution in [0, 0.1) is 6.92 Å². The molecule has 114 valence electrons. The molecule has 0 radical (unpaired) electrons. The van der Waals surface area contributed by atoms with Gasteiger partial charge in [-0.05, 0) is 30.5 Å². The molecule has 0 aliphatic carbocycles. The van der Waals surface area contributed by atoms with Crippen molar-refractivity contribution >= 4 is 21.8 Å². The molecule has 3 aromatic carbocycles.